The monoisotopic (exact) mass is 272 g/mol. The molecule has 0 aromatic carbocycles. The summed E-state index contributed by atoms with van der Waals surface area (Å²) < 4.78 is 0. The van der Waals surface area contributed by atoms with Crippen LogP contribution in [0.4, 0.5) is 5.13 Å². The van der Waals surface area contributed by atoms with Crippen LogP contribution in [0.3, 0.4) is 0 Å². The first-order valence-corrected chi connectivity index (χ1v) is 7.87. The molecule has 4 heteroatoms. The van der Waals surface area contributed by atoms with Gasteiger partial charge in [0.1, 0.15) is 0 Å². The summed E-state index contributed by atoms with van der Waals surface area (Å²) in [6.45, 7) is 6.99. The van der Waals surface area contributed by atoms with E-state index in [-0.39, 0.29) is 0 Å². The van der Waals surface area contributed by atoms with Crippen LogP contribution in [-0.2, 0) is 5.88 Å². The molecule has 1 aromatic heterocycles. The molecule has 0 aliphatic carbocycles. The van der Waals surface area contributed by atoms with Gasteiger partial charge in [0.15, 0.2) is 5.13 Å². The lowest BCUT2D eigenvalue weighted by Gasteiger charge is -2.20. The van der Waals surface area contributed by atoms with Gasteiger partial charge in [0, 0.05) is 18.5 Å². The van der Waals surface area contributed by atoms with Gasteiger partial charge in [0.25, 0.3) is 0 Å². The Morgan fingerprint density at radius 3 is 2.94 bits per heavy atom. The second kappa shape index (κ2) is 6.05. The van der Waals surface area contributed by atoms with Gasteiger partial charge in [0.05, 0.1) is 11.6 Å². The third kappa shape index (κ3) is 3.35. The highest BCUT2D eigenvalue weighted by Gasteiger charge is 2.20. The van der Waals surface area contributed by atoms with Crippen molar-refractivity contribution in [1.29, 1.82) is 0 Å². The molecule has 2 heterocycles. The maximum absolute atomic E-state index is 5.80. The van der Waals surface area contributed by atoms with Crippen molar-refractivity contribution >= 4 is 28.1 Å². The van der Waals surface area contributed by atoms with Crippen molar-refractivity contribution in [3.63, 3.8) is 0 Å². The van der Waals surface area contributed by atoms with Gasteiger partial charge >= 0.3 is 0 Å². The van der Waals surface area contributed by atoms with E-state index in [1.165, 1.54) is 19.3 Å². The van der Waals surface area contributed by atoms with Crippen LogP contribution in [0.2, 0.25) is 0 Å². The maximum atomic E-state index is 5.80. The number of aromatic nitrogens is 1. The fraction of sp³-hybridized carbons (Fsp3) is 0.769. The Hall–Kier alpha value is -0.280. The summed E-state index contributed by atoms with van der Waals surface area (Å²) >= 11 is 7.53. The zero-order valence-electron chi connectivity index (χ0n) is 10.7. The van der Waals surface area contributed by atoms with Gasteiger partial charge in [-0.05, 0) is 31.1 Å². The van der Waals surface area contributed by atoms with E-state index in [1.54, 1.807) is 11.3 Å². The van der Waals surface area contributed by atoms with Crippen molar-refractivity contribution < 1.29 is 0 Å². The van der Waals surface area contributed by atoms with Gasteiger partial charge in [0.2, 0.25) is 0 Å². The number of nitrogens with zero attached hydrogens (tertiary/aromatic N) is 2. The molecule has 0 bridgehead atoms. The third-order valence-corrected chi connectivity index (χ3v) is 4.89. The minimum absolute atomic E-state index is 0.527. The van der Waals surface area contributed by atoms with E-state index in [9.17, 15) is 0 Å². The number of hydrogen-bond donors (Lipinski definition) is 0. The molecule has 0 radical (unpaired) electrons. The minimum atomic E-state index is 0.527. The van der Waals surface area contributed by atoms with Crippen molar-refractivity contribution in [1.82, 2.24) is 4.98 Å². The van der Waals surface area contributed by atoms with Gasteiger partial charge in [-0.25, -0.2) is 4.98 Å². The summed E-state index contributed by atoms with van der Waals surface area (Å²) in [4.78, 5) is 7.01. The zero-order chi connectivity index (χ0) is 12.3. The van der Waals surface area contributed by atoms with Crippen LogP contribution in [-0.4, -0.2) is 18.1 Å². The quantitative estimate of drug-likeness (QED) is 0.769. The number of thiazole rings is 1. The lowest BCUT2D eigenvalue weighted by atomic mass is 9.89. The Kier molecular flexibility index (Phi) is 4.69. The molecule has 0 spiro atoms. The van der Waals surface area contributed by atoms with Crippen LogP contribution in [0.1, 0.15) is 38.8 Å². The standard InChI is InChI=1S/C13H21ClN2S/c1-10(2)11-4-3-6-16(7-5-11)13-15-12(8-14)9-17-13/h9-11H,3-8H2,1-2H3. The molecule has 1 saturated heterocycles. The second-order valence-electron chi connectivity index (χ2n) is 5.18. The molecule has 0 N–H and O–H groups in total. The predicted octanol–water partition coefficient (Wildman–Crippen LogP) is 4.14. The summed E-state index contributed by atoms with van der Waals surface area (Å²) in [5.74, 6) is 2.22. The van der Waals surface area contributed by atoms with E-state index in [1.807, 2.05) is 0 Å². The molecule has 2 nitrogen and oxygen atoms in total. The summed E-state index contributed by atoms with van der Waals surface area (Å²) in [5.41, 5.74) is 1.01. The third-order valence-electron chi connectivity index (χ3n) is 3.66. The highest BCUT2D eigenvalue weighted by Crippen LogP contribution is 2.29. The number of hydrogen-bond acceptors (Lipinski definition) is 3. The fourth-order valence-electron chi connectivity index (χ4n) is 2.48. The average Bonchev–Trinajstić information content (AvgIpc) is 2.65. The van der Waals surface area contributed by atoms with Crippen LogP contribution >= 0.6 is 22.9 Å². The first-order chi connectivity index (χ1) is 8.20. The Balaban J connectivity index is 1.98. The number of anilines is 1. The second-order valence-corrected chi connectivity index (χ2v) is 6.28. The number of alkyl halides is 1. The van der Waals surface area contributed by atoms with Crippen LogP contribution in [0.15, 0.2) is 5.38 Å². The van der Waals surface area contributed by atoms with Gasteiger partial charge in [-0.15, -0.1) is 22.9 Å². The molecule has 0 amide bonds. The lowest BCUT2D eigenvalue weighted by molar-refractivity contribution is 0.351. The molecule has 1 aromatic rings. The van der Waals surface area contributed by atoms with Crippen molar-refractivity contribution in [2.45, 2.75) is 39.0 Å². The maximum Gasteiger partial charge on any atom is 0.185 e. The highest BCUT2D eigenvalue weighted by molar-refractivity contribution is 7.13. The Labute approximate surface area is 113 Å². The van der Waals surface area contributed by atoms with Crippen molar-refractivity contribution in [3.8, 4) is 0 Å². The van der Waals surface area contributed by atoms with Gasteiger partial charge in [-0.2, -0.15) is 0 Å². The lowest BCUT2D eigenvalue weighted by Crippen LogP contribution is -2.24. The summed E-state index contributed by atoms with van der Waals surface area (Å²) in [6, 6.07) is 0. The summed E-state index contributed by atoms with van der Waals surface area (Å²) in [5, 5.41) is 3.23. The molecule has 96 valence electrons. The smallest absolute Gasteiger partial charge is 0.185 e. The fourth-order valence-corrected chi connectivity index (χ4v) is 3.59. The Morgan fingerprint density at radius 2 is 2.29 bits per heavy atom. The van der Waals surface area contributed by atoms with Crippen LogP contribution in [0.5, 0.6) is 0 Å². The van der Waals surface area contributed by atoms with E-state index in [0.29, 0.717) is 5.88 Å². The van der Waals surface area contributed by atoms with E-state index >= 15 is 0 Å². The molecule has 2 rings (SSSR count). The first-order valence-electron chi connectivity index (χ1n) is 6.46. The van der Waals surface area contributed by atoms with E-state index in [4.69, 9.17) is 11.6 Å². The van der Waals surface area contributed by atoms with Gasteiger partial charge < -0.3 is 4.90 Å². The molecule has 1 aliphatic heterocycles. The summed E-state index contributed by atoms with van der Waals surface area (Å²) in [6.07, 6.45) is 3.95. The molecule has 1 fully saturated rings. The number of halogens is 1. The molecular weight excluding hydrogens is 252 g/mol. The van der Waals surface area contributed by atoms with E-state index in [2.05, 4.69) is 29.1 Å². The molecule has 17 heavy (non-hydrogen) atoms. The molecule has 1 unspecified atom stereocenters. The predicted molar refractivity (Wildman–Crippen MR) is 76.1 cm³/mol. The topological polar surface area (TPSA) is 16.1 Å². The normalized spacial score (nSPS) is 21.9. The zero-order valence-corrected chi connectivity index (χ0v) is 12.2. The van der Waals surface area contributed by atoms with Crippen LogP contribution in [0.25, 0.3) is 0 Å². The Bertz CT molecular complexity index is 351. The molecule has 0 saturated carbocycles. The minimum Gasteiger partial charge on any atom is -0.348 e. The number of rotatable bonds is 3. The van der Waals surface area contributed by atoms with E-state index in [0.717, 1.165) is 35.8 Å². The van der Waals surface area contributed by atoms with Crippen LogP contribution in [0, 0.1) is 11.8 Å². The van der Waals surface area contributed by atoms with Gasteiger partial charge in [-0.1, -0.05) is 13.8 Å². The van der Waals surface area contributed by atoms with Crippen molar-refractivity contribution in [2.75, 3.05) is 18.0 Å². The first kappa shape index (κ1) is 13.2. The average molecular weight is 273 g/mol. The van der Waals surface area contributed by atoms with Crippen molar-refractivity contribution in [3.05, 3.63) is 11.1 Å². The van der Waals surface area contributed by atoms with E-state index < -0.39 is 0 Å². The molecule has 1 aliphatic rings. The van der Waals surface area contributed by atoms with Crippen molar-refractivity contribution in [2.24, 2.45) is 11.8 Å². The highest BCUT2D eigenvalue weighted by atomic mass is 35.5. The largest absolute Gasteiger partial charge is 0.348 e. The van der Waals surface area contributed by atoms with Crippen LogP contribution < -0.4 is 4.90 Å². The van der Waals surface area contributed by atoms with Gasteiger partial charge in [-0.3, -0.25) is 0 Å². The summed E-state index contributed by atoms with van der Waals surface area (Å²) in [7, 11) is 0. The SMILES string of the molecule is CC(C)C1CCCN(c2nc(CCl)cs2)CC1. The molecular formula is C13H21ClN2S. The Morgan fingerprint density at radius 1 is 1.47 bits per heavy atom. The molecule has 1 atom stereocenters.